The number of rotatable bonds is 3. The summed E-state index contributed by atoms with van der Waals surface area (Å²) < 4.78 is 5.60. The van der Waals surface area contributed by atoms with E-state index in [9.17, 15) is 14.7 Å². The molecule has 1 saturated carbocycles. The van der Waals surface area contributed by atoms with Gasteiger partial charge in [-0.25, -0.2) is 0 Å². The van der Waals surface area contributed by atoms with Crippen molar-refractivity contribution in [3.05, 3.63) is 29.8 Å². The molecule has 1 heterocycles. The summed E-state index contributed by atoms with van der Waals surface area (Å²) in [5.74, 6) is -0.942. The number of carbonyl (C=O) groups is 2. The Hall–Kier alpha value is -2.04. The predicted octanol–water partition coefficient (Wildman–Crippen LogP) is 2.70. The minimum atomic E-state index is -0.820. The number of amides is 1. The Balaban J connectivity index is 1.80. The second-order valence-corrected chi connectivity index (χ2v) is 6.77. The Kier molecular flexibility index (Phi) is 4.28. The second kappa shape index (κ2) is 6.22. The molecule has 5 heteroatoms. The molecular weight excluding hydrogens is 294 g/mol. The molecule has 1 aromatic rings. The third-order valence-corrected chi connectivity index (χ3v) is 5.19. The lowest BCUT2D eigenvalue weighted by molar-refractivity contribution is -0.146. The van der Waals surface area contributed by atoms with Gasteiger partial charge in [-0.1, -0.05) is 31.0 Å². The highest BCUT2D eigenvalue weighted by atomic mass is 16.5. The Morgan fingerprint density at radius 1 is 1.26 bits per heavy atom. The minimum Gasteiger partial charge on any atom is -0.493 e. The van der Waals surface area contributed by atoms with Gasteiger partial charge in [0.2, 0.25) is 5.91 Å². The van der Waals surface area contributed by atoms with Gasteiger partial charge in [0.05, 0.1) is 24.0 Å². The molecule has 3 atom stereocenters. The molecule has 23 heavy (non-hydrogen) atoms. The normalized spacial score (nSPS) is 30.0. The summed E-state index contributed by atoms with van der Waals surface area (Å²) in [6, 6.07) is 7.58. The van der Waals surface area contributed by atoms with E-state index in [1.165, 1.54) is 0 Å². The first-order valence-electron chi connectivity index (χ1n) is 8.28. The Bertz CT molecular complexity index is 615. The maximum atomic E-state index is 12.8. The van der Waals surface area contributed by atoms with Gasteiger partial charge in [-0.15, -0.1) is 0 Å². The zero-order valence-corrected chi connectivity index (χ0v) is 13.4. The van der Waals surface area contributed by atoms with Crippen LogP contribution < -0.4 is 10.1 Å². The lowest BCUT2D eigenvalue weighted by Crippen LogP contribution is -2.56. The van der Waals surface area contributed by atoms with Crippen LogP contribution in [0.25, 0.3) is 0 Å². The van der Waals surface area contributed by atoms with Crippen LogP contribution in [0.2, 0.25) is 0 Å². The van der Waals surface area contributed by atoms with E-state index in [1.807, 2.05) is 31.2 Å². The van der Waals surface area contributed by atoms with Crippen molar-refractivity contribution in [2.45, 2.75) is 50.5 Å². The highest BCUT2D eigenvalue weighted by Gasteiger charge is 2.43. The van der Waals surface area contributed by atoms with Crippen LogP contribution in [-0.2, 0) is 9.59 Å². The predicted molar refractivity (Wildman–Crippen MR) is 85.4 cm³/mol. The summed E-state index contributed by atoms with van der Waals surface area (Å²) in [6.07, 6.45) is 3.81. The molecule has 5 nitrogen and oxygen atoms in total. The number of para-hydroxylation sites is 1. The van der Waals surface area contributed by atoms with Gasteiger partial charge in [0.1, 0.15) is 5.75 Å². The van der Waals surface area contributed by atoms with E-state index >= 15 is 0 Å². The molecule has 0 aromatic heterocycles. The molecule has 3 unspecified atom stereocenters. The lowest BCUT2D eigenvalue weighted by atomic mass is 9.73. The molecule has 2 N–H and O–H groups in total. The first-order chi connectivity index (χ1) is 11.0. The smallest absolute Gasteiger partial charge is 0.308 e. The molecule has 1 aromatic carbocycles. The van der Waals surface area contributed by atoms with Gasteiger partial charge in [0.25, 0.3) is 0 Å². The maximum absolute atomic E-state index is 12.8. The van der Waals surface area contributed by atoms with Gasteiger partial charge in [-0.2, -0.15) is 0 Å². The van der Waals surface area contributed by atoms with Crippen LogP contribution in [0.15, 0.2) is 24.3 Å². The number of carboxylic acids is 1. The standard InChI is InChI=1S/C18H23NO4/c1-18(10-5-4-7-14(18)17(21)22)19-16(20)13-9-11-23-15-8-3-2-6-12(13)15/h2-3,6,8,13-14H,4-5,7,9-11H2,1H3,(H,19,20)(H,21,22). The number of carboxylic acid groups (broad SMARTS) is 1. The van der Waals surface area contributed by atoms with Crippen molar-refractivity contribution >= 4 is 11.9 Å². The summed E-state index contributed by atoms with van der Waals surface area (Å²) in [5, 5.41) is 12.5. The van der Waals surface area contributed by atoms with E-state index < -0.39 is 17.4 Å². The zero-order valence-electron chi connectivity index (χ0n) is 13.4. The largest absolute Gasteiger partial charge is 0.493 e. The second-order valence-electron chi connectivity index (χ2n) is 6.77. The molecule has 2 aliphatic rings. The van der Waals surface area contributed by atoms with E-state index in [0.717, 1.165) is 24.2 Å². The van der Waals surface area contributed by atoms with Crippen LogP contribution in [0, 0.1) is 5.92 Å². The Labute approximate surface area is 136 Å². The van der Waals surface area contributed by atoms with Crippen molar-refractivity contribution < 1.29 is 19.4 Å². The molecule has 1 amide bonds. The first kappa shape index (κ1) is 15.8. The number of fused-ring (bicyclic) bond motifs is 1. The molecule has 0 saturated heterocycles. The Morgan fingerprint density at radius 2 is 2.04 bits per heavy atom. The Morgan fingerprint density at radius 3 is 2.83 bits per heavy atom. The molecule has 0 spiro atoms. The highest BCUT2D eigenvalue weighted by Crippen LogP contribution is 2.37. The van der Waals surface area contributed by atoms with Gasteiger partial charge in [0, 0.05) is 5.56 Å². The number of carbonyl (C=O) groups excluding carboxylic acids is 1. The van der Waals surface area contributed by atoms with Crippen molar-refractivity contribution in [2.24, 2.45) is 5.92 Å². The van der Waals surface area contributed by atoms with Crippen LogP contribution in [-0.4, -0.2) is 29.1 Å². The number of hydrogen-bond acceptors (Lipinski definition) is 3. The summed E-state index contributed by atoms with van der Waals surface area (Å²) in [7, 11) is 0. The van der Waals surface area contributed by atoms with Gasteiger partial charge in [-0.05, 0) is 32.3 Å². The van der Waals surface area contributed by atoms with Crippen molar-refractivity contribution in [3.8, 4) is 5.75 Å². The summed E-state index contributed by atoms with van der Waals surface area (Å²) >= 11 is 0. The monoisotopic (exact) mass is 317 g/mol. The van der Waals surface area contributed by atoms with Crippen molar-refractivity contribution in [1.29, 1.82) is 0 Å². The van der Waals surface area contributed by atoms with Crippen LogP contribution in [0.1, 0.15) is 50.5 Å². The van der Waals surface area contributed by atoms with E-state index in [1.54, 1.807) is 0 Å². The summed E-state index contributed by atoms with van der Waals surface area (Å²) in [4.78, 5) is 24.4. The number of benzene rings is 1. The molecule has 1 aliphatic carbocycles. The van der Waals surface area contributed by atoms with Crippen molar-refractivity contribution in [1.82, 2.24) is 5.32 Å². The summed E-state index contributed by atoms with van der Waals surface area (Å²) in [5.41, 5.74) is 0.219. The topological polar surface area (TPSA) is 75.6 Å². The molecule has 0 radical (unpaired) electrons. The van der Waals surface area contributed by atoms with Crippen molar-refractivity contribution in [2.75, 3.05) is 6.61 Å². The first-order valence-corrected chi connectivity index (χ1v) is 8.28. The molecule has 124 valence electrons. The minimum absolute atomic E-state index is 0.0867. The molecule has 1 fully saturated rings. The average Bonchev–Trinajstić information content (AvgIpc) is 2.54. The number of ether oxygens (including phenoxy) is 1. The van der Waals surface area contributed by atoms with Crippen LogP contribution >= 0.6 is 0 Å². The molecule has 3 rings (SSSR count). The molecule has 1 aliphatic heterocycles. The maximum Gasteiger partial charge on any atom is 0.308 e. The van der Waals surface area contributed by atoms with Crippen LogP contribution in [0.4, 0.5) is 0 Å². The highest BCUT2D eigenvalue weighted by molar-refractivity contribution is 5.86. The lowest BCUT2D eigenvalue weighted by Gasteiger charge is -2.41. The third-order valence-electron chi connectivity index (χ3n) is 5.19. The van der Waals surface area contributed by atoms with Gasteiger partial charge in [-0.3, -0.25) is 9.59 Å². The van der Waals surface area contributed by atoms with E-state index in [-0.39, 0.29) is 11.8 Å². The average molecular weight is 317 g/mol. The van der Waals surface area contributed by atoms with Gasteiger partial charge in [0.15, 0.2) is 0 Å². The van der Waals surface area contributed by atoms with Gasteiger partial charge >= 0.3 is 5.97 Å². The number of hydrogen-bond donors (Lipinski definition) is 2. The summed E-state index contributed by atoms with van der Waals surface area (Å²) in [6.45, 7) is 2.38. The van der Waals surface area contributed by atoms with E-state index in [4.69, 9.17) is 4.74 Å². The van der Waals surface area contributed by atoms with E-state index in [0.29, 0.717) is 25.9 Å². The fraction of sp³-hybridized carbons (Fsp3) is 0.556. The van der Waals surface area contributed by atoms with Crippen LogP contribution in [0.5, 0.6) is 5.75 Å². The quantitative estimate of drug-likeness (QED) is 0.899. The number of aliphatic carboxylic acids is 1. The van der Waals surface area contributed by atoms with E-state index in [2.05, 4.69) is 5.32 Å². The molecule has 0 bridgehead atoms. The van der Waals surface area contributed by atoms with Gasteiger partial charge < -0.3 is 15.2 Å². The zero-order chi connectivity index (χ0) is 16.4. The fourth-order valence-electron chi connectivity index (χ4n) is 3.86. The van der Waals surface area contributed by atoms with Crippen LogP contribution in [0.3, 0.4) is 0 Å². The molecular formula is C18H23NO4. The fourth-order valence-corrected chi connectivity index (χ4v) is 3.86. The third kappa shape index (κ3) is 3.05. The SMILES string of the molecule is CC1(NC(=O)C2CCOc3ccccc32)CCCCC1C(=O)O. The number of nitrogens with one attached hydrogen (secondary N) is 1. The van der Waals surface area contributed by atoms with Crippen molar-refractivity contribution in [3.63, 3.8) is 0 Å².